The van der Waals surface area contributed by atoms with Crippen LogP contribution >= 0.6 is 15.9 Å². The number of benzene rings is 2. The van der Waals surface area contributed by atoms with E-state index in [1.165, 1.54) is 0 Å². The van der Waals surface area contributed by atoms with Gasteiger partial charge in [-0.3, -0.25) is 0 Å². The van der Waals surface area contributed by atoms with Crippen LogP contribution in [0.2, 0.25) is 0 Å². The van der Waals surface area contributed by atoms with Gasteiger partial charge in [-0.1, -0.05) is 46.3 Å². The van der Waals surface area contributed by atoms with E-state index in [0.717, 1.165) is 21.0 Å². The summed E-state index contributed by atoms with van der Waals surface area (Å²) in [7, 11) is -2.53. The Kier molecular flexibility index (Phi) is 2.80. The molecule has 1 aromatic heterocycles. The molecule has 0 N–H and O–H groups in total. The van der Waals surface area contributed by atoms with E-state index in [2.05, 4.69) is 20.9 Å². The molecule has 0 unspecified atom stereocenters. The fraction of sp³-hybridized carbons (Fsp3) is 0.118. The number of methoxy groups -OCH3 is 1. The summed E-state index contributed by atoms with van der Waals surface area (Å²) in [5, 5.41) is 0.934. The molecule has 3 heteroatoms. The van der Waals surface area contributed by atoms with Crippen molar-refractivity contribution in [2.45, 2.75) is 6.42 Å². The normalized spacial score (nSPS) is 13.6. The predicted octanol–water partition coefficient (Wildman–Crippen LogP) is 4.60. The minimum Gasteiger partial charge on any atom is -0.481 e. The molecule has 3 aromatic rings. The maximum atomic E-state index is 7.35. The van der Waals surface area contributed by atoms with Crippen LogP contribution in [0.25, 0.3) is 10.9 Å². The van der Waals surface area contributed by atoms with Crippen molar-refractivity contribution in [1.29, 1.82) is 0 Å². The van der Waals surface area contributed by atoms with Gasteiger partial charge in [0.1, 0.15) is 0 Å². The fourth-order valence-electron chi connectivity index (χ4n) is 2.20. The number of pyridine rings is 1. The van der Waals surface area contributed by atoms with Crippen LogP contribution in [0, 0.1) is 0 Å². The number of ether oxygens (including phenoxy) is 1. The summed E-state index contributed by atoms with van der Waals surface area (Å²) < 4.78 is 28.1. The van der Waals surface area contributed by atoms with E-state index in [9.17, 15) is 0 Å². The van der Waals surface area contributed by atoms with Crippen LogP contribution in [-0.2, 0) is 6.42 Å². The SMILES string of the molecule is [2H]C([2H])([2H])Oc1nc2ccc(Br)cc2cc1Cc1ccccc1. The second-order valence-electron chi connectivity index (χ2n) is 4.55. The molecule has 3 rings (SSSR count). The number of hydrogen-bond acceptors (Lipinski definition) is 2. The largest absolute Gasteiger partial charge is 0.481 e. The Labute approximate surface area is 130 Å². The smallest absolute Gasteiger partial charge is 0.217 e. The molecule has 0 radical (unpaired) electrons. The highest BCUT2D eigenvalue weighted by molar-refractivity contribution is 9.10. The molecule has 0 aliphatic rings. The molecule has 2 aromatic carbocycles. The molecular formula is C17H14BrNO. The van der Waals surface area contributed by atoms with Crippen LogP contribution in [-0.4, -0.2) is 12.0 Å². The van der Waals surface area contributed by atoms with E-state index in [-0.39, 0.29) is 5.88 Å². The highest BCUT2D eigenvalue weighted by Crippen LogP contribution is 2.26. The lowest BCUT2D eigenvalue weighted by atomic mass is 10.0. The average molecular weight is 331 g/mol. The van der Waals surface area contributed by atoms with Crippen molar-refractivity contribution in [3.05, 3.63) is 70.2 Å². The number of rotatable bonds is 3. The Bertz CT molecular complexity index is 834. The van der Waals surface area contributed by atoms with Crippen LogP contribution in [0.15, 0.2) is 59.1 Å². The van der Waals surface area contributed by atoms with Crippen molar-refractivity contribution in [2.75, 3.05) is 7.04 Å². The molecule has 0 spiro atoms. The first kappa shape index (κ1) is 9.94. The molecular weight excluding hydrogens is 314 g/mol. The van der Waals surface area contributed by atoms with Crippen molar-refractivity contribution in [1.82, 2.24) is 4.98 Å². The van der Waals surface area contributed by atoms with Crippen molar-refractivity contribution >= 4 is 26.8 Å². The zero-order valence-corrected chi connectivity index (χ0v) is 12.2. The van der Waals surface area contributed by atoms with Gasteiger partial charge in [-0.15, -0.1) is 0 Å². The average Bonchev–Trinajstić information content (AvgIpc) is 2.48. The lowest BCUT2D eigenvalue weighted by Crippen LogP contribution is -1.97. The Morgan fingerprint density at radius 2 is 2.00 bits per heavy atom. The number of hydrogen-bond donors (Lipinski definition) is 0. The van der Waals surface area contributed by atoms with Gasteiger partial charge in [0.25, 0.3) is 0 Å². The summed E-state index contributed by atoms with van der Waals surface area (Å²) >= 11 is 3.44. The molecule has 0 saturated heterocycles. The summed E-state index contributed by atoms with van der Waals surface area (Å²) in [6.07, 6.45) is 0.557. The van der Waals surface area contributed by atoms with Gasteiger partial charge in [-0.2, -0.15) is 0 Å². The highest BCUT2D eigenvalue weighted by Gasteiger charge is 2.08. The summed E-state index contributed by atoms with van der Waals surface area (Å²) in [5.74, 6) is 0.156. The first-order chi connectivity index (χ1) is 10.9. The molecule has 0 saturated carbocycles. The zero-order chi connectivity index (χ0) is 16.4. The van der Waals surface area contributed by atoms with E-state index >= 15 is 0 Å². The lowest BCUT2D eigenvalue weighted by molar-refractivity contribution is 0.395. The maximum absolute atomic E-state index is 7.35. The zero-order valence-electron chi connectivity index (χ0n) is 13.6. The Hall–Kier alpha value is -1.87. The van der Waals surface area contributed by atoms with E-state index in [1.54, 1.807) is 0 Å². The molecule has 0 aliphatic carbocycles. The topological polar surface area (TPSA) is 22.1 Å². The monoisotopic (exact) mass is 330 g/mol. The van der Waals surface area contributed by atoms with E-state index < -0.39 is 7.04 Å². The standard InChI is InChI=1S/C17H14BrNO/c1-20-17-14(9-12-5-3-2-4-6-12)10-13-11-15(18)7-8-16(13)19-17/h2-8,10-11H,9H2,1H3/i1D3. The molecule has 0 aliphatic heterocycles. The predicted molar refractivity (Wildman–Crippen MR) is 85.2 cm³/mol. The fourth-order valence-corrected chi connectivity index (χ4v) is 2.58. The second kappa shape index (κ2) is 5.63. The second-order valence-corrected chi connectivity index (χ2v) is 5.47. The van der Waals surface area contributed by atoms with Crippen molar-refractivity contribution < 1.29 is 8.85 Å². The Balaban J connectivity index is 2.09. The van der Waals surface area contributed by atoms with Crippen LogP contribution in [0.3, 0.4) is 0 Å². The molecule has 1 heterocycles. The van der Waals surface area contributed by atoms with E-state index in [1.807, 2.05) is 54.6 Å². The lowest BCUT2D eigenvalue weighted by Gasteiger charge is -2.10. The molecule has 100 valence electrons. The first-order valence-corrected chi connectivity index (χ1v) is 7.02. The van der Waals surface area contributed by atoms with Gasteiger partial charge in [0, 0.05) is 21.8 Å². The van der Waals surface area contributed by atoms with E-state index in [4.69, 9.17) is 8.85 Å². The van der Waals surface area contributed by atoms with Gasteiger partial charge in [0.2, 0.25) is 5.88 Å². The molecule has 0 bridgehead atoms. The van der Waals surface area contributed by atoms with Gasteiger partial charge >= 0.3 is 0 Å². The molecule has 2 nitrogen and oxygen atoms in total. The van der Waals surface area contributed by atoms with Crippen molar-refractivity contribution in [2.24, 2.45) is 0 Å². The van der Waals surface area contributed by atoms with Gasteiger partial charge in [-0.25, -0.2) is 4.98 Å². The minimum atomic E-state index is -2.53. The number of aromatic nitrogens is 1. The first-order valence-electron chi connectivity index (χ1n) is 7.73. The van der Waals surface area contributed by atoms with Crippen molar-refractivity contribution in [3.8, 4) is 5.88 Å². The van der Waals surface area contributed by atoms with E-state index in [0.29, 0.717) is 11.9 Å². The quantitative estimate of drug-likeness (QED) is 0.700. The molecule has 20 heavy (non-hydrogen) atoms. The van der Waals surface area contributed by atoms with Gasteiger partial charge in [-0.05, 0) is 29.8 Å². The third kappa shape index (κ3) is 2.68. The molecule has 0 fully saturated rings. The summed E-state index contributed by atoms with van der Waals surface area (Å²) in [6.45, 7) is 0. The Morgan fingerprint density at radius 3 is 2.80 bits per heavy atom. The maximum Gasteiger partial charge on any atom is 0.217 e. The summed E-state index contributed by atoms with van der Waals surface area (Å²) in [4.78, 5) is 4.39. The number of nitrogens with zero attached hydrogens (tertiary/aromatic N) is 1. The Morgan fingerprint density at radius 1 is 1.15 bits per heavy atom. The van der Waals surface area contributed by atoms with Crippen LogP contribution in [0.1, 0.15) is 15.2 Å². The highest BCUT2D eigenvalue weighted by atomic mass is 79.9. The molecule has 0 atom stereocenters. The third-order valence-corrected chi connectivity index (χ3v) is 3.64. The summed E-state index contributed by atoms with van der Waals surface area (Å²) in [5.41, 5.74) is 2.52. The number of fused-ring (bicyclic) bond motifs is 1. The van der Waals surface area contributed by atoms with Crippen molar-refractivity contribution in [3.63, 3.8) is 0 Å². The van der Waals surface area contributed by atoms with Gasteiger partial charge < -0.3 is 4.74 Å². The van der Waals surface area contributed by atoms with Crippen LogP contribution in [0.5, 0.6) is 5.88 Å². The number of halogens is 1. The van der Waals surface area contributed by atoms with Gasteiger partial charge in [0.15, 0.2) is 0 Å². The van der Waals surface area contributed by atoms with Crippen LogP contribution in [0.4, 0.5) is 0 Å². The molecule has 0 amide bonds. The minimum absolute atomic E-state index is 0.156. The third-order valence-electron chi connectivity index (χ3n) is 3.15. The van der Waals surface area contributed by atoms with Gasteiger partial charge in [0.05, 0.1) is 16.7 Å². The summed E-state index contributed by atoms with van der Waals surface area (Å²) in [6, 6.07) is 17.4. The van der Waals surface area contributed by atoms with Crippen LogP contribution < -0.4 is 4.74 Å².